The van der Waals surface area contributed by atoms with Crippen molar-refractivity contribution in [3.8, 4) is 0 Å². The highest BCUT2D eigenvalue weighted by Crippen LogP contribution is 2.32. The third kappa shape index (κ3) is 5.02. The second-order valence-corrected chi connectivity index (χ2v) is 6.39. The van der Waals surface area contributed by atoms with Crippen molar-refractivity contribution in [1.29, 1.82) is 0 Å². The minimum Gasteiger partial charge on any atom is -0.393 e. The van der Waals surface area contributed by atoms with Crippen LogP contribution in [0.4, 0.5) is 0 Å². The van der Waals surface area contributed by atoms with E-state index in [2.05, 4.69) is 0 Å². The van der Waals surface area contributed by atoms with Gasteiger partial charge in [-0.15, -0.1) is 0 Å². The van der Waals surface area contributed by atoms with Crippen molar-refractivity contribution in [1.82, 2.24) is 0 Å². The summed E-state index contributed by atoms with van der Waals surface area (Å²) in [6, 6.07) is 0. The van der Waals surface area contributed by atoms with Crippen LogP contribution in [0.2, 0.25) is 0 Å². The fourth-order valence-corrected chi connectivity index (χ4v) is 2.59. The third-order valence-corrected chi connectivity index (χ3v) is 4.27. The fourth-order valence-electron chi connectivity index (χ4n) is 2.59. The van der Waals surface area contributed by atoms with Crippen LogP contribution in [0.25, 0.3) is 0 Å². The van der Waals surface area contributed by atoms with Crippen LogP contribution in [0.3, 0.4) is 0 Å². The predicted octanol–water partition coefficient (Wildman–Crippen LogP) is 1.25. The molecule has 22 heavy (non-hydrogen) atoms. The van der Waals surface area contributed by atoms with Gasteiger partial charge in [-0.3, -0.25) is 4.79 Å². The summed E-state index contributed by atoms with van der Waals surface area (Å²) in [5, 5.41) is 38.7. The first-order chi connectivity index (χ1) is 10.2. The lowest BCUT2D eigenvalue weighted by Gasteiger charge is -2.34. The Morgan fingerprint density at radius 2 is 2.00 bits per heavy atom. The van der Waals surface area contributed by atoms with Gasteiger partial charge < -0.3 is 20.4 Å². The van der Waals surface area contributed by atoms with Gasteiger partial charge in [0.25, 0.3) is 0 Å². The zero-order valence-electron chi connectivity index (χ0n) is 13.6. The Labute approximate surface area is 132 Å². The molecule has 5 heteroatoms. The summed E-state index contributed by atoms with van der Waals surface area (Å²) in [6.45, 7) is 4.71. The second-order valence-electron chi connectivity index (χ2n) is 6.39. The maximum atomic E-state index is 12.0. The monoisotopic (exact) mass is 312 g/mol. The summed E-state index contributed by atoms with van der Waals surface area (Å²) >= 11 is 0. The molecule has 0 radical (unpaired) electrons. The van der Waals surface area contributed by atoms with Gasteiger partial charge in [0.1, 0.15) is 0 Å². The number of hydrogen-bond donors (Lipinski definition) is 4. The van der Waals surface area contributed by atoms with Crippen LogP contribution in [-0.2, 0) is 4.79 Å². The molecule has 126 valence electrons. The molecule has 1 aliphatic rings. The summed E-state index contributed by atoms with van der Waals surface area (Å²) in [5.74, 6) is -0.415. The number of ketones is 1. The highest BCUT2D eigenvalue weighted by atomic mass is 16.3. The highest BCUT2D eigenvalue weighted by Gasteiger charge is 2.43. The Bertz CT molecular complexity index is 448. The quantitative estimate of drug-likeness (QED) is 0.530. The molecule has 1 rings (SSSR count). The molecule has 0 aromatic carbocycles. The SMILES string of the molecule is CC1=C(CC/C=C/C(O)CCC(C)O)C[C@H](O)[C@@](C)(O)C1=O. The first-order valence-corrected chi connectivity index (χ1v) is 7.83. The van der Waals surface area contributed by atoms with Crippen molar-refractivity contribution >= 4 is 5.78 Å². The molecule has 0 aliphatic heterocycles. The standard InChI is InChI=1S/C17H28O5/c1-11(18)8-9-14(19)7-5-4-6-13-10-15(20)17(3,22)16(21)12(13)2/h5,7,11,14-15,18-20,22H,4,6,8-10H2,1-3H3/b7-5+/t11?,14?,15-,17+/m0/s1. The van der Waals surface area contributed by atoms with E-state index in [0.717, 1.165) is 5.57 Å². The summed E-state index contributed by atoms with van der Waals surface area (Å²) in [7, 11) is 0. The number of carbonyl (C=O) groups excluding carboxylic acids is 1. The Hall–Kier alpha value is -1.01. The largest absolute Gasteiger partial charge is 0.393 e. The van der Waals surface area contributed by atoms with Gasteiger partial charge in [-0.25, -0.2) is 0 Å². The van der Waals surface area contributed by atoms with Crippen LogP contribution in [0.5, 0.6) is 0 Å². The molecule has 1 aliphatic carbocycles. The number of Topliss-reactive ketones (excluding diaryl/α,β-unsaturated/α-hetero) is 1. The molecule has 0 saturated carbocycles. The molecule has 0 aromatic rings. The average Bonchev–Trinajstić information content (AvgIpc) is 2.44. The van der Waals surface area contributed by atoms with Crippen LogP contribution < -0.4 is 0 Å². The maximum Gasteiger partial charge on any atom is 0.192 e. The summed E-state index contributed by atoms with van der Waals surface area (Å²) < 4.78 is 0. The molecule has 0 fully saturated rings. The number of carbonyl (C=O) groups is 1. The Balaban J connectivity index is 2.51. The maximum absolute atomic E-state index is 12.0. The van der Waals surface area contributed by atoms with E-state index in [9.17, 15) is 20.1 Å². The Morgan fingerprint density at radius 1 is 1.36 bits per heavy atom. The smallest absolute Gasteiger partial charge is 0.192 e. The summed E-state index contributed by atoms with van der Waals surface area (Å²) in [4.78, 5) is 12.0. The zero-order valence-corrected chi connectivity index (χ0v) is 13.6. The zero-order chi connectivity index (χ0) is 16.9. The lowest BCUT2D eigenvalue weighted by molar-refractivity contribution is -0.145. The summed E-state index contributed by atoms with van der Waals surface area (Å²) in [5.41, 5.74) is -0.314. The van der Waals surface area contributed by atoms with Crippen molar-refractivity contribution in [3.63, 3.8) is 0 Å². The van der Waals surface area contributed by atoms with Gasteiger partial charge in [0.15, 0.2) is 11.4 Å². The lowest BCUT2D eigenvalue weighted by atomic mass is 9.77. The predicted molar refractivity (Wildman–Crippen MR) is 84.3 cm³/mol. The van der Waals surface area contributed by atoms with Crippen LogP contribution in [0.1, 0.15) is 52.9 Å². The van der Waals surface area contributed by atoms with Crippen molar-refractivity contribution in [2.75, 3.05) is 0 Å². The van der Waals surface area contributed by atoms with Gasteiger partial charge in [-0.05, 0) is 58.4 Å². The van der Waals surface area contributed by atoms with Crippen molar-refractivity contribution in [2.45, 2.75) is 76.8 Å². The van der Waals surface area contributed by atoms with Gasteiger partial charge in [0.2, 0.25) is 0 Å². The normalized spacial score (nSPS) is 29.2. The van der Waals surface area contributed by atoms with E-state index < -0.39 is 29.7 Å². The highest BCUT2D eigenvalue weighted by molar-refractivity contribution is 6.03. The van der Waals surface area contributed by atoms with Crippen LogP contribution in [0.15, 0.2) is 23.3 Å². The number of aliphatic hydroxyl groups excluding tert-OH is 3. The average molecular weight is 312 g/mol. The van der Waals surface area contributed by atoms with E-state index in [0.29, 0.717) is 37.7 Å². The number of allylic oxidation sites excluding steroid dienone is 1. The Morgan fingerprint density at radius 3 is 2.59 bits per heavy atom. The van der Waals surface area contributed by atoms with Crippen molar-refractivity contribution in [2.24, 2.45) is 0 Å². The van der Waals surface area contributed by atoms with Gasteiger partial charge >= 0.3 is 0 Å². The molecule has 4 atom stereocenters. The van der Waals surface area contributed by atoms with E-state index in [1.165, 1.54) is 6.92 Å². The number of aliphatic hydroxyl groups is 4. The summed E-state index contributed by atoms with van der Waals surface area (Å²) in [6.07, 6.45) is 4.09. The molecule has 0 spiro atoms. The van der Waals surface area contributed by atoms with E-state index in [-0.39, 0.29) is 0 Å². The minimum absolute atomic E-state index is 0.295. The molecule has 4 N–H and O–H groups in total. The minimum atomic E-state index is -1.69. The first-order valence-electron chi connectivity index (χ1n) is 7.83. The van der Waals surface area contributed by atoms with Gasteiger partial charge in [0, 0.05) is 0 Å². The molecule has 0 amide bonds. The van der Waals surface area contributed by atoms with Crippen LogP contribution in [0, 0.1) is 0 Å². The third-order valence-electron chi connectivity index (χ3n) is 4.27. The molecule has 0 aromatic heterocycles. The van der Waals surface area contributed by atoms with Crippen LogP contribution >= 0.6 is 0 Å². The number of rotatable bonds is 7. The van der Waals surface area contributed by atoms with Gasteiger partial charge in [-0.1, -0.05) is 17.7 Å². The van der Waals surface area contributed by atoms with Crippen LogP contribution in [-0.4, -0.2) is 50.1 Å². The molecule has 0 bridgehead atoms. The molecule has 0 heterocycles. The lowest BCUT2D eigenvalue weighted by Crippen LogP contribution is -2.50. The topological polar surface area (TPSA) is 98.0 Å². The molecule has 0 saturated heterocycles. The van der Waals surface area contributed by atoms with E-state index in [1.54, 1.807) is 19.9 Å². The van der Waals surface area contributed by atoms with E-state index >= 15 is 0 Å². The molecule has 2 unspecified atom stereocenters. The fraction of sp³-hybridized carbons (Fsp3) is 0.706. The van der Waals surface area contributed by atoms with Gasteiger partial charge in [-0.2, -0.15) is 0 Å². The van der Waals surface area contributed by atoms with Crippen molar-refractivity contribution < 1.29 is 25.2 Å². The first kappa shape index (κ1) is 19.0. The van der Waals surface area contributed by atoms with Gasteiger partial charge in [0.05, 0.1) is 18.3 Å². The van der Waals surface area contributed by atoms with Crippen molar-refractivity contribution in [3.05, 3.63) is 23.3 Å². The van der Waals surface area contributed by atoms with E-state index in [1.807, 2.05) is 6.08 Å². The van der Waals surface area contributed by atoms with E-state index in [4.69, 9.17) is 5.11 Å². The second kappa shape index (κ2) is 8.02. The molecule has 5 nitrogen and oxygen atoms in total. The molecular formula is C17H28O5. The number of hydrogen-bond acceptors (Lipinski definition) is 5. The molecular weight excluding hydrogens is 284 g/mol. The Kier molecular flexibility index (Phi) is 6.94.